The van der Waals surface area contributed by atoms with Crippen molar-refractivity contribution in [3.8, 4) is 11.4 Å². The van der Waals surface area contributed by atoms with Gasteiger partial charge < -0.3 is 5.73 Å². The third-order valence-corrected chi connectivity index (χ3v) is 3.25. The van der Waals surface area contributed by atoms with Gasteiger partial charge in [0.25, 0.3) is 0 Å². The Bertz CT molecular complexity index is 601. The van der Waals surface area contributed by atoms with Crippen molar-refractivity contribution < 1.29 is 0 Å². The lowest BCUT2D eigenvalue weighted by molar-refractivity contribution is 0.323. The molecule has 0 radical (unpaired) electrons. The van der Waals surface area contributed by atoms with Gasteiger partial charge in [0.05, 0.1) is 10.0 Å². The molecule has 0 spiro atoms. The van der Waals surface area contributed by atoms with Crippen LogP contribution in [-0.2, 0) is 6.54 Å². The van der Waals surface area contributed by atoms with Crippen LogP contribution in [0.4, 0.5) is 5.69 Å². The van der Waals surface area contributed by atoms with Crippen LogP contribution in [0, 0.1) is 5.41 Å². The lowest BCUT2D eigenvalue weighted by Gasteiger charge is -2.18. The number of tetrazole rings is 1. The van der Waals surface area contributed by atoms with Gasteiger partial charge in [0.1, 0.15) is 0 Å². The Kier molecular flexibility index (Phi) is 3.69. The van der Waals surface area contributed by atoms with E-state index in [1.807, 2.05) is 0 Å². The average molecular weight is 300 g/mol. The summed E-state index contributed by atoms with van der Waals surface area (Å²) in [4.78, 5) is 0. The topological polar surface area (TPSA) is 69.6 Å². The Morgan fingerprint density at radius 1 is 1.26 bits per heavy atom. The van der Waals surface area contributed by atoms with Crippen molar-refractivity contribution in [1.82, 2.24) is 20.2 Å². The Hall–Kier alpha value is -1.33. The monoisotopic (exact) mass is 299 g/mol. The van der Waals surface area contributed by atoms with Crippen LogP contribution in [0.5, 0.6) is 0 Å². The first kappa shape index (κ1) is 14.1. The first-order chi connectivity index (χ1) is 8.78. The van der Waals surface area contributed by atoms with Crippen LogP contribution in [0.3, 0.4) is 0 Å². The summed E-state index contributed by atoms with van der Waals surface area (Å²) in [6.07, 6.45) is 0. The maximum Gasteiger partial charge on any atom is 0.183 e. The molecule has 19 heavy (non-hydrogen) atoms. The smallest absolute Gasteiger partial charge is 0.183 e. The van der Waals surface area contributed by atoms with Crippen LogP contribution >= 0.6 is 23.2 Å². The third-order valence-electron chi connectivity index (χ3n) is 2.45. The van der Waals surface area contributed by atoms with Crippen molar-refractivity contribution in [3.63, 3.8) is 0 Å². The van der Waals surface area contributed by atoms with Gasteiger partial charge in [-0.25, -0.2) is 4.68 Å². The number of halogens is 2. The molecule has 1 heterocycles. The molecule has 1 aromatic heterocycles. The number of nitrogen functional groups attached to an aromatic ring is 1. The summed E-state index contributed by atoms with van der Waals surface area (Å²) in [7, 11) is 0. The van der Waals surface area contributed by atoms with Crippen LogP contribution in [0.1, 0.15) is 20.8 Å². The third kappa shape index (κ3) is 3.16. The van der Waals surface area contributed by atoms with Gasteiger partial charge in [-0.2, -0.15) is 0 Å². The molecule has 0 aliphatic carbocycles. The summed E-state index contributed by atoms with van der Waals surface area (Å²) in [6, 6.07) is 3.32. The van der Waals surface area contributed by atoms with Crippen molar-refractivity contribution in [2.24, 2.45) is 5.41 Å². The van der Waals surface area contributed by atoms with Crippen LogP contribution in [0.25, 0.3) is 11.4 Å². The van der Waals surface area contributed by atoms with Crippen molar-refractivity contribution in [2.45, 2.75) is 27.3 Å². The molecule has 0 aliphatic heterocycles. The van der Waals surface area contributed by atoms with Gasteiger partial charge in [0.2, 0.25) is 0 Å². The second-order valence-electron chi connectivity index (χ2n) is 5.59. The number of rotatable bonds is 2. The molecule has 0 atom stereocenters. The van der Waals surface area contributed by atoms with E-state index in [0.717, 1.165) is 0 Å². The minimum atomic E-state index is 0.0424. The van der Waals surface area contributed by atoms with Gasteiger partial charge >= 0.3 is 0 Å². The van der Waals surface area contributed by atoms with Crippen LogP contribution in [0.15, 0.2) is 12.1 Å². The normalized spacial score (nSPS) is 11.8. The quantitative estimate of drug-likeness (QED) is 0.864. The molecule has 0 aliphatic rings. The van der Waals surface area contributed by atoms with Crippen molar-refractivity contribution >= 4 is 28.9 Å². The molecule has 0 amide bonds. The molecule has 0 bridgehead atoms. The molecule has 7 heteroatoms. The van der Waals surface area contributed by atoms with E-state index in [9.17, 15) is 0 Å². The van der Waals surface area contributed by atoms with E-state index in [4.69, 9.17) is 28.9 Å². The number of hydrogen-bond acceptors (Lipinski definition) is 4. The number of aromatic nitrogens is 4. The summed E-state index contributed by atoms with van der Waals surface area (Å²) >= 11 is 12.2. The largest absolute Gasteiger partial charge is 0.399 e. The van der Waals surface area contributed by atoms with Crippen molar-refractivity contribution in [3.05, 3.63) is 22.2 Å². The fourth-order valence-corrected chi connectivity index (χ4v) is 2.15. The summed E-state index contributed by atoms with van der Waals surface area (Å²) in [5.74, 6) is 0.564. The molecular formula is C12H15Cl2N5. The number of nitrogens with two attached hydrogens (primary N) is 1. The maximum absolute atomic E-state index is 6.20. The second kappa shape index (κ2) is 4.98. The van der Waals surface area contributed by atoms with Crippen molar-refractivity contribution in [2.75, 3.05) is 5.73 Å². The zero-order chi connectivity index (χ0) is 14.2. The highest BCUT2D eigenvalue weighted by Crippen LogP contribution is 2.35. The Balaban J connectivity index is 2.52. The van der Waals surface area contributed by atoms with Gasteiger partial charge in [0.15, 0.2) is 5.82 Å². The van der Waals surface area contributed by atoms with Crippen LogP contribution in [0.2, 0.25) is 10.0 Å². The summed E-state index contributed by atoms with van der Waals surface area (Å²) in [5, 5.41) is 12.5. The highest BCUT2D eigenvalue weighted by Gasteiger charge is 2.19. The molecule has 0 fully saturated rings. The van der Waals surface area contributed by atoms with Gasteiger partial charge in [0, 0.05) is 17.8 Å². The highest BCUT2D eigenvalue weighted by atomic mass is 35.5. The predicted molar refractivity (Wildman–Crippen MR) is 77.1 cm³/mol. The first-order valence-corrected chi connectivity index (χ1v) is 6.54. The molecule has 2 N–H and O–H groups in total. The van der Waals surface area contributed by atoms with Crippen LogP contribution < -0.4 is 5.73 Å². The van der Waals surface area contributed by atoms with Gasteiger partial charge in [-0.15, -0.1) is 5.10 Å². The fourth-order valence-electron chi connectivity index (χ4n) is 1.73. The number of hydrogen-bond donors (Lipinski definition) is 1. The summed E-state index contributed by atoms with van der Waals surface area (Å²) in [5.41, 5.74) is 7.00. The Labute approximate surface area is 121 Å². The second-order valence-corrected chi connectivity index (χ2v) is 6.37. The summed E-state index contributed by atoms with van der Waals surface area (Å²) < 4.78 is 1.71. The van der Waals surface area contributed by atoms with Gasteiger partial charge in [-0.3, -0.25) is 0 Å². The maximum atomic E-state index is 6.20. The molecular weight excluding hydrogens is 285 g/mol. The molecule has 2 rings (SSSR count). The molecule has 2 aromatic rings. The SMILES string of the molecule is CC(C)(C)Cn1nnnc1-c1cc(N)cc(Cl)c1Cl. The predicted octanol–water partition coefficient (Wildman–Crippen LogP) is 3.28. The van der Waals surface area contributed by atoms with Crippen molar-refractivity contribution in [1.29, 1.82) is 0 Å². The van der Waals surface area contributed by atoms with E-state index in [2.05, 4.69) is 36.3 Å². The fraction of sp³-hybridized carbons (Fsp3) is 0.417. The molecule has 1 aromatic carbocycles. The minimum absolute atomic E-state index is 0.0424. The number of nitrogens with zero attached hydrogens (tertiary/aromatic N) is 4. The average Bonchev–Trinajstić information content (AvgIpc) is 2.68. The lowest BCUT2D eigenvalue weighted by atomic mass is 9.97. The summed E-state index contributed by atoms with van der Waals surface area (Å²) in [6.45, 7) is 6.98. The molecule has 0 saturated carbocycles. The molecule has 0 saturated heterocycles. The van der Waals surface area contributed by atoms with Crippen LogP contribution in [-0.4, -0.2) is 20.2 Å². The van der Waals surface area contributed by atoms with E-state index >= 15 is 0 Å². The van der Waals surface area contributed by atoms with Gasteiger partial charge in [-0.05, 0) is 28.0 Å². The number of benzene rings is 1. The Morgan fingerprint density at radius 2 is 1.95 bits per heavy atom. The minimum Gasteiger partial charge on any atom is -0.399 e. The standard InChI is InChI=1S/C12H15Cl2N5/c1-12(2,3)6-19-11(16-17-18-19)8-4-7(15)5-9(13)10(8)14/h4-5H,6,15H2,1-3H3. The number of anilines is 1. The van der Waals surface area contributed by atoms with E-state index in [1.165, 1.54) is 0 Å². The Morgan fingerprint density at radius 3 is 2.58 bits per heavy atom. The zero-order valence-corrected chi connectivity index (χ0v) is 12.5. The van der Waals surface area contributed by atoms with E-state index in [0.29, 0.717) is 33.7 Å². The van der Waals surface area contributed by atoms with E-state index < -0.39 is 0 Å². The van der Waals surface area contributed by atoms with Gasteiger partial charge in [-0.1, -0.05) is 44.0 Å². The zero-order valence-electron chi connectivity index (χ0n) is 11.0. The molecule has 102 valence electrons. The van der Waals surface area contributed by atoms with E-state index in [1.54, 1.807) is 16.8 Å². The highest BCUT2D eigenvalue weighted by molar-refractivity contribution is 6.43. The molecule has 5 nitrogen and oxygen atoms in total. The first-order valence-electron chi connectivity index (χ1n) is 5.79. The molecule has 0 unspecified atom stereocenters. The lowest BCUT2D eigenvalue weighted by Crippen LogP contribution is -2.17. The van der Waals surface area contributed by atoms with E-state index in [-0.39, 0.29) is 5.41 Å².